The van der Waals surface area contributed by atoms with E-state index in [4.69, 9.17) is 9.84 Å². The summed E-state index contributed by atoms with van der Waals surface area (Å²) in [5, 5.41) is 9.13. The van der Waals surface area contributed by atoms with E-state index in [1.165, 1.54) is 35.7 Å². The van der Waals surface area contributed by atoms with E-state index in [2.05, 4.69) is 0 Å². The van der Waals surface area contributed by atoms with Gasteiger partial charge in [0.2, 0.25) is 10.0 Å². The number of hydrogen-bond donors (Lipinski definition) is 1. The van der Waals surface area contributed by atoms with Gasteiger partial charge in [-0.2, -0.15) is 4.31 Å². The largest absolute Gasteiger partial charge is 0.478 e. The molecule has 0 aliphatic heterocycles. The number of aromatic carboxylic acids is 1. The highest BCUT2D eigenvalue weighted by Gasteiger charge is 2.39. The number of carboxylic acids is 1. The standard InChI is InChI=1S/C13H17NO5S/c1-19-9-8-14(10-6-7-10)20(17,18)12-5-3-2-4-11(12)13(15)16/h2-5,10H,6-9H2,1H3,(H,15,16). The van der Waals surface area contributed by atoms with Gasteiger partial charge in [0, 0.05) is 19.7 Å². The normalized spacial score (nSPS) is 15.5. The van der Waals surface area contributed by atoms with Gasteiger partial charge in [-0.3, -0.25) is 0 Å². The van der Waals surface area contributed by atoms with E-state index in [0.717, 1.165) is 12.8 Å². The fourth-order valence-corrected chi connectivity index (χ4v) is 3.89. The van der Waals surface area contributed by atoms with Gasteiger partial charge >= 0.3 is 5.97 Å². The smallest absolute Gasteiger partial charge is 0.337 e. The highest BCUT2D eigenvalue weighted by atomic mass is 32.2. The van der Waals surface area contributed by atoms with Gasteiger partial charge in [0.15, 0.2) is 0 Å². The molecule has 1 aromatic carbocycles. The molecule has 6 nitrogen and oxygen atoms in total. The lowest BCUT2D eigenvalue weighted by atomic mass is 10.2. The number of nitrogens with zero attached hydrogens (tertiary/aromatic N) is 1. The number of benzene rings is 1. The van der Waals surface area contributed by atoms with Crippen LogP contribution in [0.5, 0.6) is 0 Å². The van der Waals surface area contributed by atoms with Gasteiger partial charge in [-0.05, 0) is 25.0 Å². The number of hydrogen-bond acceptors (Lipinski definition) is 4. The number of rotatable bonds is 7. The van der Waals surface area contributed by atoms with Crippen molar-refractivity contribution in [2.24, 2.45) is 0 Å². The minimum absolute atomic E-state index is 0.0444. The summed E-state index contributed by atoms with van der Waals surface area (Å²) >= 11 is 0. The first kappa shape index (κ1) is 15.0. The summed E-state index contributed by atoms with van der Waals surface area (Å²) in [6.07, 6.45) is 1.61. The molecule has 0 bridgehead atoms. The zero-order valence-corrected chi connectivity index (χ0v) is 12.0. The molecule has 2 rings (SSSR count). The van der Waals surface area contributed by atoms with Gasteiger partial charge in [0.25, 0.3) is 0 Å². The predicted molar refractivity (Wildman–Crippen MR) is 72.2 cm³/mol. The Morgan fingerprint density at radius 2 is 2.05 bits per heavy atom. The molecule has 0 unspecified atom stereocenters. The van der Waals surface area contributed by atoms with Crippen LogP contribution in [0.2, 0.25) is 0 Å². The lowest BCUT2D eigenvalue weighted by Gasteiger charge is -2.22. The van der Waals surface area contributed by atoms with Gasteiger partial charge in [-0.15, -0.1) is 0 Å². The molecule has 20 heavy (non-hydrogen) atoms. The first-order valence-electron chi connectivity index (χ1n) is 6.31. The second-order valence-corrected chi connectivity index (χ2v) is 6.50. The van der Waals surface area contributed by atoms with Crippen LogP contribution >= 0.6 is 0 Å². The van der Waals surface area contributed by atoms with E-state index in [0.29, 0.717) is 0 Å². The maximum Gasteiger partial charge on any atom is 0.337 e. The number of methoxy groups -OCH3 is 1. The molecular formula is C13H17NO5S. The molecule has 7 heteroatoms. The Balaban J connectivity index is 2.40. The Kier molecular flexibility index (Phi) is 4.42. The third-order valence-corrected chi connectivity index (χ3v) is 5.18. The molecule has 0 amide bonds. The molecule has 1 aromatic rings. The van der Waals surface area contributed by atoms with Crippen LogP contribution < -0.4 is 0 Å². The molecule has 0 radical (unpaired) electrons. The van der Waals surface area contributed by atoms with Gasteiger partial charge < -0.3 is 9.84 Å². The third kappa shape index (κ3) is 3.00. The highest BCUT2D eigenvalue weighted by Crippen LogP contribution is 2.32. The minimum atomic E-state index is -3.81. The Hall–Kier alpha value is -1.44. The molecule has 1 aliphatic rings. The molecule has 1 saturated carbocycles. The molecule has 110 valence electrons. The highest BCUT2D eigenvalue weighted by molar-refractivity contribution is 7.89. The van der Waals surface area contributed by atoms with E-state index in [-0.39, 0.29) is 29.7 Å². The predicted octanol–water partition coefficient (Wildman–Crippen LogP) is 1.18. The molecular weight excluding hydrogens is 282 g/mol. The first-order valence-corrected chi connectivity index (χ1v) is 7.75. The van der Waals surface area contributed by atoms with Crippen molar-refractivity contribution < 1.29 is 23.1 Å². The van der Waals surface area contributed by atoms with E-state index >= 15 is 0 Å². The van der Waals surface area contributed by atoms with Crippen LogP contribution in [0.1, 0.15) is 23.2 Å². The second-order valence-electron chi connectivity index (χ2n) is 4.64. The molecule has 0 atom stereocenters. The van der Waals surface area contributed by atoms with E-state index in [1.807, 2.05) is 0 Å². The van der Waals surface area contributed by atoms with Crippen molar-refractivity contribution in [1.82, 2.24) is 4.31 Å². The summed E-state index contributed by atoms with van der Waals surface area (Å²) in [6, 6.07) is 5.63. The van der Waals surface area contributed by atoms with Crippen LogP contribution in [0.3, 0.4) is 0 Å². The Labute approximate surface area is 118 Å². The van der Waals surface area contributed by atoms with Crippen molar-refractivity contribution >= 4 is 16.0 Å². The molecule has 0 aromatic heterocycles. The molecule has 1 aliphatic carbocycles. The van der Waals surface area contributed by atoms with Gasteiger partial charge in [-0.25, -0.2) is 13.2 Å². The topological polar surface area (TPSA) is 83.9 Å². The Morgan fingerprint density at radius 3 is 2.60 bits per heavy atom. The van der Waals surface area contributed by atoms with Crippen molar-refractivity contribution in [2.45, 2.75) is 23.8 Å². The summed E-state index contributed by atoms with van der Waals surface area (Å²) in [5.74, 6) is -1.24. The average Bonchev–Trinajstić information content (AvgIpc) is 3.23. The van der Waals surface area contributed by atoms with Crippen LogP contribution in [0.4, 0.5) is 0 Å². The van der Waals surface area contributed by atoms with Crippen molar-refractivity contribution in [3.8, 4) is 0 Å². The summed E-state index contributed by atoms with van der Waals surface area (Å²) in [7, 11) is -2.31. The SMILES string of the molecule is COCCN(C1CC1)S(=O)(=O)c1ccccc1C(=O)O. The van der Waals surface area contributed by atoms with Crippen LogP contribution in [0.15, 0.2) is 29.2 Å². The number of sulfonamides is 1. The second kappa shape index (κ2) is 5.90. The van der Waals surface area contributed by atoms with Crippen LogP contribution in [-0.4, -0.2) is 50.1 Å². The van der Waals surface area contributed by atoms with Crippen molar-refractivity contribution in [2.75, 3.05) is 20.3 Å². The molecule has 1 N–H and O–H groups in total. The van der Waals surface area contributed by atoms with Crippen LogP contribution in [-0.2, 0) is 14.8 Å². The summed E-state index contributed by atoms with van der Waals surface area (Å²) in [6.45, 7) is 0.516. The van der Waals surface area contributed by atoms with E-state index < -0.39 is 16.0 Å². The lowest BCUT2D eigenvalue weighted by Crippen LogP contribution is -2.36. The van der Waals surface area contributed by atoms with Crippen molar-refractivity contribution in [3.63, 3.8) is 0 Å². The van der Waals surface area contributed by atoms with E-state index in [1.54, 1.807) is 0 Å². The fourth-order valence-electron chi connectivity index (χ4n) is 2.04. The van der Waals surface area contributed by atoms with Crippen LogP contribution in [0.25, 0.3) is 0 Å². The van der Waals surface area contributed by atoms with Gasteiger partial charge in [0.1, 0.15) is 0 Å². The fraction of sp³-hybridized carbons (Fsp3) is 0.462. The summed E-state index contributed by atoms with van der Waals surface area (Å²) in [4.78, 5) is 11.0. The number of carbonyl (C=O) groups is 1. The van der Waals surface area contributed by atoms with Crippen molar-refractivity contribution in [3.05, 3.63) is 29.8 Å². The van der Waals surface area contributed by atoms with Crippen molar-refractivity contribution in [1.29, 1.82) is 0 Å². The lowest BCUT2D eigenvalue weighted by molar-refractivity contribution is 0.0692. The minimum Gasteiger partial charge on any atom is -0.478 e. The first-order chi connectivity index (χ1) is 9.48. The third-order valence-electron chi connectivity index (χ3n) is 3.17. The zero-order valence-electron chi connectivity index (χ0n) is 11.2. The maximum atomic E-state index is 12.7. The zero-order chi connectivity index (χ0) is 14.8. The molecule has 0 heterocycles. The number of carboxylic acid groups (broad SMARTS) is 1. The quantitative estimate of drug-likeness (QED) is 0.817. The average molecular weight is 299 g/mol. The monoisotopic (exact) mass is 299 g/mol. The summed E-state index contributed by atoms with van der Waals surface area (Å²) < 4.78 is 31.6. The van der Waals surface area contributed by atoms with Crippen LogP contribution in [0, 0.1) is 0 Å². The maximum absolute atomic E-state index is 12.7. The van der Waals surface area contributed by atoms with Gasteiger partial charge in [-0.1, -0.05) is 12.1 Å². The van der Waals surface area contributed by atoms with Gasteiger partial charge in [0.05, 0.1) is 17.1 Å². The Bertz CT molecular complexity index is 595. The molecule has 0 spiro atoms. The molecule has 1 fully saturated rings. The molecule has 0 saturated heterocycles. The summed E-state index contributed by atoms with van der Waals surface area (Å²) in [5.41, 5.74) is -0.199. The Morgan fingerprint density at radius 1 is 1.40 bits per heavy atom. The number of ether oxygens (including phenoxy) is 1. The van der Waals surface area contributed by atoms with E-state index in [9.17, 15) is 13.2 Å².